The number of nitrogens with one attached hydrogen (secondary N) is 4. The average molecular weight is 474 g/mol. The highest BCUT2D eigenvalue weighted by molar-refractivity contribution is 5.94. The molecule has 0 fully saturated rings. The second kappa shape index (κ2) is 12.2. The van der Waals surface area contributed by atoms with Crippen LogP contribution in [0.2, 0.25) is 0 Å². The number of rotatable bonds is 12. The predicted octanol–water partition coefficient (Wildman–Crippen LogP) is 0.910. The molecule has 186 valence electrons. The number of aromatic amines is 1. The Balaban J connectivity index is 2.06. The zero-order valence-electron chi connectivity index (χ0n) is 20.1. The number of nitrogens with two attached hydrogens (primary N) is 1. The molecule has 1 aromatic carbocycles. The van der Waals surface area contributed by atoms with E-state index in [-0.39, 0.29) is 18.3 Å². The van der Waals surface area contributed by atoms with Gasteiger partial charge >= 0.3 is 5.97 Å². The highest BCUT2D eigenvalue weighted by Gasteiger charge is 2.30. The number of aliphatic carboxylic acids is 1. The van der Waals surface area contributed by atoms with E-state index in [0.717, 1.165) is 16.5 Å². The van der Waals surface area contributed by atoms with Crippen molar-refractivity contribution in [1.29, 1.82) is 0 Å². The van der Waals surface area contributed by atoms with Crippen LogP contribution < -0.4 is 21.7 Å². The summed E-state index contributed by atoms with van der Waals surface area (Å²) in [5.74, 6) is -2.98. The minimum atomic E-state index is -1.18. The Morgan fingerprint density at radius 1 is 1.00 bits per heavy atom. The second-order valence-electron chi connectivity index (χ2n) is 9.20. The number of aromatic nitrogens is 1. The number of carbonyl (C=O) groups is 4. The number of H-pyrrole nitrogens is 1. The summed E-state index contributed by atoms with van der Waals surface area (Å²) in [5.41, 5.74) is 8.00. The number of carboxylic acids is 1. The summed E-state index contributed by atoms with van der Waals surface area (Å²) in [6, 6.07) is 4.98. The molecular weight excluding hydrogens is 438 g/mol. The van der Waals surface area contributed by atoms with Crippen molar-refractivity contribution < 1.29 is 24.3 Å². The monoisotopic (exact) mass is 473 g/mol. The number of benzene rings is 1. The molecule has 2 rings (SSSR count). The van der Waals surface area contributed by atoms with E-state index < -0.39 is 48.4 Å². The first kappa shape index (κ1) is 26.8. The van der Waals surface area contributed by atoms with Crippen LogP contribution in [0.4, 0.5) is 0 Å². The first-order chi connectivity index (χ1) is 16.0. The molecule has 0 aliphatic heterocycles. The summed E-state index contributed by atoms with van der Waals surface area (Å²) in [4.78, 5) is 52.2. The van der Waals surface area contributed by atoms with E-state index in [1.165, 1.54) is 0 Å². The van der Waals surface area contributed by atoms with Gasteiger partial charge in [0.25, 0.3) is 0 Å². The zero-order chi connectivity index (χ0) is 25.4. The first-order valence-electron chi connectivity index (χ1n) is 11.4. The normalized spacial score (nSPS) is 14.0. The summed E-state index contributed by atoms with van der Waals surface area (Å²) in [7, 11) is 0. The van der Waals surface area contributed by atoms with E-state index in [1.54, 1.807) is 13.8 Å². The van der Waals surface area contributed by atoms with Crippen molar-refractivity contribution >= 4 is 34.6 Å². The van der Waals surface area contributed by atoms with Crippen LogP contribution in [0.25, 0.3) is 10.9 Å². The van der Waals surface area contributed by atoms with Gasteiger partial charge in [0.15, 0.2) is 0 Å². The molecule has 7 N–H and O–H groups in total. The maximum absolute atomic E-state index is 13.0. The maximum atomic E-state index is 13.0. The fraction of sp³-hybridized carbons (Fsp3) is 0.500. The van der Waals surface area contributed by atoms with Gasteiger partial charge in [-0.3, -0.25) is 19.2 Å². The van der Waals surface area contributed by atoms with Gasteiger partial charge < -0.3 is 31.8 Å². The quantitative estimate of drug-likeness (QED) is 0.268. The van der Waals surface area contributed by atoms with Crippen LogP contribution in [0.1, 0.15) is 39.7 Å². The minimum absolute atomic E-state index is 0.0672. The largest absolute Gasteiger partial charge is 0.480 e. The van der Waals surface area contributed by atoms with Crippen LogP contribution in [0, 0.1) is 11.8 Å². The molecule has 1 heterocycles. The minimum Gasteiger partial charge on any atom is -0.480 e. The molecule has 0 radical (unpaired) electrons. The van der Waals surface area contributed by atoms with Gasteiger partial charge in [-0.05, 0) is 36.3 Å². The molecule has 34 heavy (non-hydrogen) atoms. The lowest BCUT2D eigenvalue weighted by Crippen LogP contribution is -2.58. The van der Waals surface area contributed by atoms with Crippen LogP contribution in [-0.2, 0) is 25.6 Å². The van der Waals surface area contributed by atoms with E-state index in [0.29, 0.717) is 6.42 Å². The van der Waals surface area contributed by atoms with Crippen molar-refractivity contribution in [3.63, 3.8) is 0 Å². The molecule has 0 bridgehead atoms. The lowest BCUT2D eigenvalue weighted by Gasteiger charge is -2.27. The third-order valence-corrected chi connectivity index (χ3v) is 5.45. The molecule has 1 aromatic heterocycles. The van der Waals surface area contributed by atoms with E-state index in [1.807, 2.05) is 44.3 Å². The Labute approximate surface area is 199 Å². The molecule has 3 unspecified atom stereocenters. The number of carboxylic acid groups (broad SMARTS) is 1. The summed E-state index contributed by atoms with van der Waals surface area (Å²) in [5, 5.41) is 17.5. The van der Waals surface area contributed by atoms with Crippen molar-refractivity contribution in [2.24, 2.45) is 17.6 Å². The molecule has 10 nitrogen and oxygen atoms in total. The lowest BCUT2D eigenvalue weighted by atomic mass is 9.99. The first-order valence-corrected chi connectivity index (χ1v) is 11.4. The molecule has 3 amide bonds. The smallest absolute Gasteiger partial charge is 0.322 e. The Morgan fingerprint density at radius 2 is 1.68 bits per heavy atom. The van der Waals surface area contributed by atoms with Crippen LogP contribution in [0.15, 0.2) is 30.5 Å². The highest BCUT2D eigenvalue weighted by atomic mass is 16.4. The summed E-state index contributed by atoms with van der Waals surface area (Å²) >= 11 is 0. The van der Waals surface area contributed by atoms with Gasteiger partial charge in [-0.1, -0.05) is 45.9 Å². The van der Waals surface area contributed by atoms with Crippen molar-refractivity contribution in [3.05, 3.63) is 36.0 Å². The summed E-state index contributed by atoms with van der Waals surface area (Å²) < 4.78 is 0. The zero-order valence-corrected chi connectivity index (χ0v) is 20.1. The molecule has 3 atom stereocenters. The SMILES string of the molecule is CC(C)CC(NC(=O)C(NC(=O)C(N)Cc1c[nH]c2ccccc12)C(C)C)C(=O)NCC(=O)O. The van der Waals surface area contributed by atoms with Gasteiger partial charge in [-0.15, -0.1) is 0 Å². The fourth-order valence-corrected chi connectivity index (χ4v) is 3.68. The number of carbonyl (C=O) groups excluding carboxylic acids is 3. The van der Waals surface area contributed by atoms with E-state index in [2.05, 4.69) is 20.9 Å². The topological polar surface area (TPSA) is 166 Å². The standard InChI is InChI=1S/C24H35N5O5/c1-13(2)9-19(23(33)27-12-20(30)31)28-24(34)21(14(3)4)29-22(32)17(25)10-15-11-26-18-8-6-5-7-16(15)18/h5-8,11,13-14,17,19,21,26H,9-10,12,25H2,1-4H3,(H,27,33)(H,28,34)(H,29,32)(H,30,31). The molecular formula is C24H35N5O5. The Kier molecular flexibility index (Phi) is 9.61. The van der Waals surface area contributed by atoms with Crippen molar-refractivity contribution in [2.45, 2.75) is 58.7 Å². The van der Waals surface area contributed by atoms with Gasteiger partial charge in [-0.25, -0.2) is 0 Å². The van der Waals surface area contributed by atoms with Gasteiger partial charge in [0.05, 0.1) is 6.04 Å². The number of para-hydroxylation sites is 1. The third-order valence-electron chi connectivity index (χ3n) is 5.45. The van der Waals surface area contributed by atoms with Crippen molar-refractivity contribution in [1.82, 2.24) is 20.9 Å². The van der Waals surface area contributed by atoms with Crippen LogP contribution in [0.3, 0.4) is 0 Å². The molecule has 2 aromatic rings. The van der Waals surface area contributed by atoms with Gasteiger partial charge in [0, 0.05) is 17.1 Å². The molecule has 0 spiro atoms. The molecule has 10 heteroatoms. The van der Waals surface area contributed by atoms with Crippen LogP contribution in [-0.4, -0.2) is 58.5 Å². The lowest BCUT2D eigenvalue weighted by molar-refractivity contribution is -0.138. The third kappa shape index (κ3) is 7.58. The number of fused-ring (bicyclic) bond motifs is 1. The van der Waals surface area contributed by atoms with Crippen molar-refractivity contribution in [3.8, 4) is 0 Å². The van der Waals surface area contributed by atoms with Crippen molar-refractivity contribution in [2.75, 3.05) is 6.54 Å². The number of amides is 3. The fourth-order valence-electron chi connectivity index (χ4n) is 3.68. The summed E-state index contributed by atoms with van der Waals surface area (Å²) in [6.45, 7) is 6.77. The number of hydrogen-bond donors (Lipinski definition) is 6. The van der Waals surface area contributed by atoms with Gasteiger partial charge in [0.2, 0.25) is 17.7 Å². The highest BCUT2D eigenvalue weighted by Crippen LogP contribution is 2.19. The molecule has 0 aliphatic carbocycles. The summed E-state index contributed by atoms with van der Waals surface area (Å²) in [6.07, 6.45) is 2.42. The average Bonchev–Trinajstić information content (AvgIpc) is 3.17. The molecule has 0 aliphatic rings. The Hall–Kier alpha value is -3.40. The second-order valence-corrected chi connectivity index (χ2v) is 9.20. The van der Waals surface area contributed by atoms with Gasteiger partial charge in [0.1, 0.15) is 18.6 Å². The maximum Gasteiger partial charge on any atom is 0.322 e. The van der Waals surface area contributed by atoms with E-state index in [9.17, 15) is 19.2 Å². The number of hydrogen-bond acceptors (Lipinski definition) is 5. The van der Waals surface area contributed by atoms with E-state index >= 15 is 0 Å². The van der Waals surface area contributed by atoms with Crippen LogP contribution >= 0.6 is 0 Å². The predicted molar refractivity (Wildman–Crippen MR) is 129 cm³/mol. The Bertz CT molecular complexity index is 1020. The molecule has 0 saturated carbocycles. The van der Waals surface area contributed by atoms with Crippen LogP contribution in [0.5, 0.6) is 0 Å². The Morgan fingerprint density at radius 3 is 2.29 bits per heavy atom. The van der Waals surface area contributed by atoms with Gasteiger partial charge in [-0.2, -0.15) is 0 Å². The molecule has 0 saturated heterocycles. The van der Waals surface area contributed by atoms with E-state index in [4.69, 9.17) is 10.8 Å².